The first kappa shape index (κ1) is 9.70. The van der Waals surface area contributed by atoms with Crippen molar-refractivity contribution >= 4 is 10.8 Å². The summed E-state index contributed by atoms with van der Waals surface area (Å²) >= 11 is 0. The first-order chi connectivity index (χ1) is 7.24. The van der Waals surface area contributed by atoms with E-state index in [1.165, 1.54) is 0 Å². The van der Waals surface area contributed by atoms with Crippen LogP contribution in [0.25, 0.3) is 10.8 Å². The summed E-state index contributed by atoms with van der Waals surface area (Å²) in [6.07, 6.45) is 0. The van der Waals surface area contributed by atoms with Crippen molar-refractivity contribution < 1.29 is 0 Å². The van der Waals surface area contributed by atoms with E-state index >= 15 is 0 Å². The second-order valence-corrected chi connectivity index (χ2v) is 3.65. The highest BCUT2D eigenvalue weighted by atomic mass is 14.6. The number of rotatable bonds is 1. The van der Waals surface area contributed by atoms with Gasteiger partial charge in [0.15, 0.2) is 0 Å². The molecule has 0 radical (unpaired) electrons. The van der Waals surface area contributed by atoms with Gasteiger partial charge in [0, 0.05) is 6.04 Å². The quantitative estimate of drug-likeness (QED) is 0.762. The van der Waals surface area contributed by atoms with Crippen molar-refractivity contribution in [3.05, 3.63) is 47.5 Å². The largest absolute Gasteiger partial charge is 0.324 e. The Kier molecular flexibility index (Phi) is 2.40. The van der Waals surface area contributed by atoms with Crippen LogP contribution in [0.1, 0.15) is 24.1 Å². The number of nitrogens with zero attached hydrogens (tertiary/aromatic N) is 1. The fraction of sp³-hybridized carbons (Fsp3) is 0.154. The summed E-state index contributed by atoms with van der Waals surface area (Å²) in [6, 6.07) is 13.8. The standard InChI is InChI=1S/C13H12N2/c1-9(15)11-7-6-10(8-14)12-4-2-3-5-13(11)12/h2-7,9H,15H2,1H3/t9-/m0/s1. The van der Waals surface area contributed by atoms with Crippen molar-refractivity contribution in [2.75, 3.05) is 0 Å². The van der Waals surface area contributed by atoms with Crippen LogP contribution in [0.4, 0.5) is 0 Å². The normalized spacial score (nSPS) is 12.3. The van der Waals surface area contributed by atoms with Gasteiger partial charge in [-0.25, -0.2) is 0 Å². The molecule has 2 heteroatoms. The van der Waals surface area contributed by atoms with Crippen molar-refractivity contribution in [3.8, 4) is 6.07 Å². The summed E-state index contributed by atoms with van der Waals surface area (Å²) in [7, 11) is 0. The topological polar surface area (TPSA) is 49.8 Å². The Morgan fingerprint density at radius 2 is 1.80 bits per heavy atom. The molecule has 2 rings (SSSR count). The van der Waals surface area contributed by atoms with Gasteiger partial charge in [0.1, 0.15) is 0 Å². The van der Waals surface area contributed by atoms with E-state index in [4.69, 9.17) is 11.0 Å². The molecule has 0 amide bonds. The zero-order valence-electron chi connectivity index (χ0n) is 8.57. The van der Waals surface area contributed by atoms with Crippen LogP contribution in [0.5, 0.6) is 0 Å². The van der Waals surface area contributed by atoms with Gasteiger partial charge in [0.05, 0.1) is 11.6 Å². The highest BCUT2D eigenvalue weighted by Gasteiger charge is 2.07. The smallest absolute Gasteiger partial charge is 0.0998 e. The maximum absolute atomic E-state index is 8.98. The molecule has 0 fully saturated rings. The van der Waals surface area contributed by atoms with Crippen LogP contribution in [0, 0.1) is 11.3 Å². The molecule has 74 valence electrons. The van der Waals surface area contributed by atoms with E-state index in [9.17, 15) is 0 Å². The third kappa shape index (κ3) is 1.58. The molecular weight excluding hydrogens is 184 g/mol. The van der Waals surface area contributed by atoms with Crippen LogP contribution >= 0.6 is 0 Å². The molecule has 0 bridgehead atoms. The number of benzene rings is 2. The molecule has 0 aliphatic heterocycles. The Balaban J connectivity index is 2.85. The van der Waals surface area contributed by atoms with E-state index in [1.807, 2.05) is 43.3 Å². The predicted molar refractivity (Wildman–Crippen MR) is 61.3 cm³/mol. The summed E-state index contributed by atoms with van der Waals surface area (Å²) in [5.74, 6) is 0. The minimum Gasteiger partial charge on any atom is -0.324 e. The highest BCUT2D eigenvalue weighted by molar-refractivity contribution is 5.90. The average Bonchev–Trinajstić information content (AvgIpc) is 2.27. The third-order valence-corrected chi connectivity index (χ3v) is 2.57. The first-order valence-electron chi connectivity index (χ1n) is 4.91. The van der Waals surface area contributed by atoms with Crippen LogP contribution < -0.4 is 5.73 Å². The molecule has 0 unspecified atom stereocenters. The van der Waals surface area contributed by atoms with E-state index in [2.05, 4.69) is 6.07 Å². The van der Waals surface area contributed by atoms with E-state index in [-0.39, 0.29) is 6.04 Å². The molecule has 0 spiro atoms. The van der Waals surface area contributed by atoms with Gasteiger partial charge in [-0.2, -0.15) is 5.26 Å². The molecule has 0 saturated heterocycles. The number of hydrogen-bond donors (Lipinski definition) is 1. The molecule has 0 aliphatic carbocycles. The van der Waals surface area contributed by atoms with Gasteiger partial charge >= 0.3 is 0 Å². The van der Waals surface area contributed by atoms with Crippen molar-refractivity contribution in [2.24, 2.45) is 5.73 Å². The average molecular weight is 196 g/mol. The predicted octanol–water partition coefficient (Wildman–Crippen LogP) is 2.73. The van der Waals surface area contributed by atoms with Gasteiger partial charge in [-0.1, -0.05) is 30.3 Å². The monoisotopic (exact) mass is 196 g/mol. The number of nitriles is 1. The van der Waals surface area contributed by atoms with Crippen LogP contribution in [0.2, 0.25) is 0 Å². The Morgan fingerprint density at radius 3 is 2.40 bits per heavy atom. The number of nitrogens with two attached hydrogens (primary N) is 1. The van der Waals surface area contributed by atoms with Gasteiger partial charge < -0.3 is 5.73 Å². The van der Waals surface area contributed by atoms with Gasteiger partial charge in [0.25, 0.3) is 0 Å². The van der Waals surface area contributed by atoms with E-state index < -0.39 is 0 Å². The molecule has 2 aromatic rings. The fourth-order valence-corrected chi connectivity index (χ4v) is 1.82. The summed E-state index contributed by atoms with van der Waals surface area (Å²) in [5.41, 5.74) is 7.68. The summed E-state index contributed by atoms with van der Waals surface area (Å²) in [5, 5.41) is 11.0. The molecule has 2 aromatic carbocycles. The van der Waals surface area contributed by atoms with Crippen molar-refractivity contribution in [3.63, 3.8) is 0 Å². The lowest BCUT2D eigenvalue weighted by Crippen LogP contribution is -2.05. The number of fused-ring (bicyclic) bond motifs is 1. The molecular formula is C13H12N2. The highest BCUT2D eigenvalue weighted by Crippen LogP contribution is 2.25. The summed E-state index contributed by atoms with van der Waals surface area (Å²) in [4.78, 5) is 0. The molecule has 0 aromatic heterocycles. The molecule has 0 aliphatic rings. The van der Waals surface area contributed by atoms with Crippen LogP contribution in [-0.2, 0) is 0 Å². The van der Waals surface area contributed by atoms with Crippen molar-refractivity contribution in [1.29, 1.82) is 5.26 Å². The summed E-state index contributed by atoms with van der Waals surface area (Å²) in [6.45, 7) is 1.95. The maximum atomic E-state index is 8.98. The third-order valence-electron chi connectivity index (χ3n) is 2.57. The Hall–Kier alpha value is -1.85. The molecule has 2 nitrogen and oxygen atoms in total. The van der Waals surface area contributed by atoms with Crippen LogP contribution in [-0.4, -0.2) is 0 Å². The van der Waals surface area contributed by atoms with Crippen LogP contribution in [0.3, 0.4) is 0 Å². The SMILES string of the molecule is C[C@H](N)c1ccc(C#N)c2ccccc12. The molecule has 0 heterocycles. The molecule has 1 atom stereocenters. The Morgan fingerprint density at radius 1 is 1.13 bits per heavy atom. The number of hydrogen-bond acceptors (Lipinski definition) is 2. The Bertz CT molecular complexity index is 536. The lowest BCUT2D eigenvalue weighted by molar-refractivity contribution is 0.826. The van der Waals surface area contributed by atoms with Crippen molar-refractivity contribution in [2.45, 2.75) is 13.0 Å². The van der Waals surface area contributed by atoms with E-state index in [0.717, 1.165) is 16.3 Å². The zero-order chi connectivity index (χ0) is 10.8. The van der Waals surface area contributed by atoms with Crippen molar-refractivity contribution in [1.82, 2.24) is 0 Å². The van der Waals surface area contributed by atoms with Crippen LogP contribution in [0.15, 0.2) is 36.4 Å². The van der Waals surface area contributed by atoms with E-state index in [1.54, 1.807) is 0 Å². The maximum Gasteiger partial charge on any atom is 0.0998 e. The second-order valence-electron chi connectivity index (χ2n) is 3.65. The molecule has 15 heavy (non-hydrogen) atoms. The summed E-state index contributed by atoms with van der Waals surface area (Å²) < 4.78 is 0. The first-order valence-corrected chi connectivity index (χ1v) is 4.91. The lowest BCUT2D eigenvalue weighted by Gasteiger charge is -2.10. The zero-order valence-corrected chi connectivity index (χ0v) is 8.57. The van der Waals surface area contributed by atoms with Gasteiger partial charge in [-0.05, 0) is 29.3 Å². The minimum absolute atomic E-state index is 0.0114. The fourth-order valence-electron chi connectivity index (χ4n) is 1.82. The Labute approximate surface area is 88.9 Å². The van der Waals surface area contributed by atoms with Gasteiger partial charge in [0.2, 0.25) is 0 Å². The van der Waals surface area contributed by atoms with Gasteiger partial charge in [-0.15, -0.1) is 0 Å². The van der Waals surface area contributed by atoms with E-state index in [0.29, 0.717) is 5.56 Å². The molecule has 2 N–H and O–H groups in total. The lowest BCUT2D eigenvalue weighted by atomic mass is 9.97. The molecule has 0 saturated carbocycles. The van der Waals surface area contributed by atoms with Gasteiger partial charge in [-0.3, -0.25) is 0 Å². The minimum atomic E-state index is -0.0114. The second kappa shape index (κ2) is 3.72.